The molecule has 2 rings (SSSR count). The van der Waals surface area contributed by atoms with Gasteiger partial charge in [0.2, 0.25) is 0 Å². The van der Waals surface area contributed by atoms with Gasteiger partial charge in [0.1, 0.15) is 0 Å². The molecular weight excluding hydrogens is 285 g/mol. The Hall–Kier alpha value is 0.390. The topological polar surface area (TPSA) is 29.1 Å². The Labute approximate surface area is 112 Å². The quantitative estimate of drug-likeness (QED) is 0.908. The van der Waals surface area contributed by atoms with E-state index >= 15 is 0 Å². The van der Waals surface area contributed by atoms with E-state index in [4.69, 9.17) is 23.2 Å². The number of thiophene rings is 1. The second-order valence-corrected chi connectivity index (χ2v) is 7.71. The Kier molecular flexibility index (Phi) is 4.30. The number of rotatable bonds is 2. The molecule has 6 heteroatoms. The van der Waals surface area contributed by atoms with Crippen molar-refractivity contribution in [1.82, 2.24) is 5.32 Å². The zero-order valence-corrected chi connectivity index (χ0v) is 12.0. The van der Waals surface area contributed by atoms with Crippen molar-refractivity contribution in [3.8, 4) is 0 Å². The second kappa shape index (κ2) is 5.36. The average Bonchev–Trinajstić information content (AvgIpc) is 2.57. The first-order valence-corrected chi connectivity index (χ1v) is 8.22. The Bertz CT molecular complexity index is 408. The van der Waals surface area contributed by atoms with E-state index in [0.717, 1.165) is 17.7 Å². The van der Waals surface area contributed by atoms with Gasteiger partial charge in [0.05, 0.1) is 8.67 Å². The third-order valence-electron chi connectivity index (χ3n) is 2.73. The van der Waals surface area contributed by atoms with Gasteiger partial charge in [-0.25, -0.2) is 0 Å². The molecule has 1 aliphatic heterocycles. The van der Waals surface area contributed by atoms with Crippen LogP contribution in [-0.2, 0) is 10.8 Å². The lowest BCUT2D eigenvalue weighted by molar-refractivity contribution is 0.457. The van der Waals surface area contributed by atoms with Crippen LogP contribution < -0.4 is 5.32 Å². The van der Waals surface area contributed by atoms with Crippen molar-refractivity contribution < 1.29 is 4.21 Å². The van der Waals surface area contributed by atoms with Gasteiger partial charge < -0.3 is 5.32 Å². The van der Waals surface area contributed by atoms with Crippen LogP contribution in [-0.4, -0.2) is 21.8 Å². The molecule has 0 amide bonds. The molecule has 1 fully saturated rings. The summed E-state index contributed by atoms with van der Waals surface area (Å²) in [6, 6.07) is 2.27. The van der Waals surface area contributed by atoms with E-state index in [1.54, 1.807) is 0 Å². The summed E-state index contributed by atoms with van der Waals surface area (Å²) in [4.78, 5) is 0. The van der Waals surface area contributed by atoms with E-state index in [2.05, 4.69) is 12.2 Å². The molecule has 90 valence electrons. The molecule has 1 aromatic heterocycles. The Morgan fingerprint density at radius 3 is 2.88 bits per heavy atom. The van der Waals surface area contributed by atoms with E-state index in [1.807, 2.05) is 6.07 Å². The predicted octanol–water partition coefficient (Wildman–Crippen LogP) is 3.23. The van der Waals surface area contributed by atoms with Crippen LogP contribution in [0.1, 0.15) is 24.9 Å². The van der Waals surface area contributed by atoms with Crippen LogP contribution >= 0.6 is 34.5 Å². The maximum Gasteiger partial charge on any atom is 0.0992 e. The minimum absolute atomic E-state index is 0.0794. The smallest absolute Gasteiger partial charge is 0.0992 e. The summed E-state index contributed by atoms with van der Waals surface area (Å²) >= 11 is 13.4. The highest BCUT2D eigenvalue weighted by atomic mass is 35.5. The van der Waals surface area contributed by atoms with Gasteiger partial charge in [-0.3, -0.25) is 4.21 Å². The molecule has 1 aromatic rings. The lowest BCUT2D eigenvalue weighted by atomic mass is 10.1. The van der Waals surface area contributed by atoms with Crippen molar-refractivity contribution in [2.45, 2.75) is 25.4 Å². The molecule has 0 spiro atoms. The SMILES string of the molecule is CCC1CS(=O)CC(c2cc(Cl)sc2Cl)N1. The van der Waals surface area contributed by atoms with E-state index in [9.17, 15) is 4.21 Å². The van der Waals surface area contributed by atoms with E-state index in [-0.39, 0.29) is 6.04 Å². The number of nitrogens with one attached hydrogen (secondary N) is 1. The summed E-state index contributed by atoms with van der Waals surface area (Å²) in [5.74, 6) is 1.37. The normalized spacial score (nSPS) is 30.6. The van der Waals surface area contributed by atoms with Crippen LogP contribution in [0.4, 0.5) is 0 Å². The highest BCUT2D eigenvalue weighted by Gasteiger charge is 2.28. The summed E-state index contributed by atoms with van der Waals surface area (Å²) in [7, 11) is -0.759. The van der Waals surface area contributed by atoms with Gasteiger partial charge in [-0.1, -0.05) is 30.1 Å². The molecule has 1 saturated heterocycles. The number of hydrogen-bond acceptors (Lipinski definition) is 3. The van der Waals surface area contributed by atoms with Crippen LogP contribution in [0.3, 0.4) is 0 Å². The third kappa shape index (κ3) is 2.79. The van der Waals surface area contributed by atoms with Crippen molar-refractivity contribution in [2.24, 2.45) is 0 Å². The van der Waals surface area contributed by atoms with Crippen LogP contribution in [0.25, 0.3) is 0 Å². The Morgan fingerprint density at radius 2 is 2.31 bits per heavy atom. The van der Waals surface area contributed by atoms with Crippen LogP contribution in [0.2, 0.25) is 8.67 Å². The lowest BCUT2D eigenvalue weighted by Crippen LogP contribution is -2.44. The van der Waals surface area contributed by atoms with Gasteiger partial charge in [-0.2, -0.15) is 0 Å². The van der Waals surface area contributed by atoms with Crippen molar-refractivity contribution >= 4 is 45.3 Å². The third-order valence-corrected chi connectivity index (χ3v) is 5.73. The van der Waals surface area contributed by atoms with E-state index in [0.29, 0.717) is 20.5 Å². The van der Waals surface area contributed by atoms with Gasteiger partial charge in [-0.05, 0) is 12.5 Å². The van der Waals surface area contributed by atoms with Crippen molar-refractivity contribution in [3.05, 3.63) is 20.3 Å². The van der Waals surface area contributed by atoms with E-state index < -0.39 is 10.8 Å². The van der Waals surface area contributed by atoms with Crippen molar-refractivity contribution in [3.63, 3.8) is 0 Å². The fourth-order valence-corrected chi connectivity index (χ4v) is 5.01. The molecule has 3 unspecified atom stereocenters. The Morgan fingerprint density at radius 1 is 1.56 bits per heavy atom. The molecule has 0 saturated carbocycles. The first-order chi connectivity index (χ1) is 7.60. The molecule has 0 bridgehead atoms. The highest BCUT2D eigenvalue weighted by Crippen LogP contribution is 2.36. The molecule has 1 aliphatic rings. The number of halogens is 2. The molecule has 0 aromatic carbocycles. The van der Waals surface area contributed by atoms with Gasteiger partial charge in [0, 0.05) is 40.0 Å². The van der Waals surface area contributed by atoms with Gasteiger partial charge in [0.15, 0.2) is 0 Å². The fourth-order valence-electron chi connectivity index (χ4n) is 1.86. The first kappa shape index (κ1) is 12.8. The van der Waals surface area contributed by atoms with Crippen LogP contribution in [0.15, 0.2) is 6.07 Å². The molecule has 1 N–H and O–H groups in total. The van der Waals surface area contributed by atoms with Crippen molar-refractivity contribution in [1.29, 1.82) is 0 Å². The maximum atomic E-state index is 11.7. The molecule has 2 nitrogen and oxygen atoms in total. The standard InChI is InChI=1S/C10H13Cl2NOS2/c1-2-6-4-16(14)5-8(13-6)7-3-9(11)15-10(7)12/h3,6,8,13H,2,4-5H2,1H3. The van der Waals surface area contributed by atoms with E-state index in [1.165, 1.54) is 11.3 Å². The fraction of sp³-hybridized carbons (Fsp3) is 0.600. The molecule has 3 atom stereocenters. The molecule has 0 aliphatic carbocycles. The maximum absolute atomic E-state index is 11.7. The molecule has 16 heavy (non-hydrogen) atoms. The Balaban J connectivity index is 2.20. The summed E-state index contributed by atoms with van der Waals surface area (Å²) in [6.45, 7) is 2.10. The average molecular weight is 298 g/mol. The monoisotopic (exact) mass is 297 g/mol. The minimum Gasteiger partial charge on any atom is -0.305 e. The van der Waals surface area contributed by atoms with Crippen LogP contribution in [0, 0.1) is 0 Å². The second-order valence-electron chi connectivity index (χ2n) is 3.88. The largest absolute Gasteiger partial charge is 0.305 e. The minimum atomic E-state index is -0.759. The first-order valence-electron chi connectivity index (χ1n) is 5.16. The van der Waals surface area contributed by atoms with Crippen molar-refractivity contribution in [2.75, 3.05) is 11.5 Å². The predicted molar refractivity (Wildman–Crippen MR) is 72.2 cm³/mol. The number of hydrogen-bond donors (Lipinski definition) is 1. The highest BCUT2D eigenvalue weighted by molar-refractivity contribution is 7.85. The lowest BCUT2D eigenvalue weighted by Gasteiger charge is -2.29. The van der Waals surface area contributed by atoms with Gasteiger partial charge in [-0.15, -0.1) is 11.3 Å². The summed E-state index contributed by atoms with van der Waals surface area (Å²) < 4.78 is 13.1. The summed E-state index contributed by atoms with van der Waals surface area (Å²) in [6.07, 6.45) is 0.984. The summed E-state index contributed by atoms with van der Waals surface area (Å²) in [5.41, 5.74) is 0.989. The zero-order chi connectivity index (χ0) is 11.7. The molecule has 2 heterocycles. The zero-order valence-electron chi connectivity index (χ0n) is 8.83. The summed E-state index contributed by atoms with van der Waals surface area (Å²) in [5, 5.41) is 3.47. The van der Waals surface area contributed by atoms with Crippen LogP contribution in [0.5, 0.6) is 0 Å². The molecule has 0 radical (unpaired) electrons. The molecular formula is C10H13Cl2NOS2. The van der Waals surface area contributed by atoms with Gasteiger partial charge >= 0.3 is 0 Å². The van der Waals surface area contributed by atoms with Gasteiger partial charge in [0.25, 0.3) is 0 Å².